The molecule has 2 aliphatic rings. The fraction of sp³-hybridized carbons (Fsp3) is 0.533. The van der Waals surface area contributed by atoms with Crippen LogP contribution in [0.4, 0.5) is 4.79 Å². The van der Waals surface area contributed by atoms with E-state index in [1.54, 1.807) is 4.90 Å². The maximum atomic E-state index is 11.5. The molecule has 0 radical (unpaired) electrons. The molecule has 36 heavy (non-hydrogen) atoms. The first-order valence-electron chi connectivity index (χ1n) is 13.2. The SMILES string of the molecule is CC.CC(C)(C)OC(=O)N1CCCCC1.CC1c2ccc(Cl)cc2C=C(CCCO)c2cccnc21. The molecule has 1 atom stereocenters. The molecule has 5 nitrogen and oxygen atoms in total. The van der Waals surface area contributed by atoms with Gasteiger partial charge in [-0.1, -0.05) is 50.6 Å². The Balaban J connectivity index is 0.000000262. The summed E-state index contributed by atoms with van der Waals surface area (Å²) in [6.07, 6.45) is 8.93. The van der Waals surface area contributed by atoms with Crippen LogP contribution >= 0.6 is 11.6 Å². The van der Waals surface area contributed by atoms with Crippen molar-refractivity contribution in [3.05, 3.63) is 63.9 Å². The number of hydrogen-bond donors (Lipinski definition) is 1. The molecule has 4 rings (SSSR count). The highest BCUT2D eigenvalue weighted by atomic mass is 35.5. The van der Waals surface area contributed by atoms with Crippen LogP contribution in [-0.2, 0) is 4.74 Å². The molecule has 2 aromatic rings. The number of allylic oxidation sites excluding steroid dienone is 1. The van der Waals surface area contributed by atoms with E-state index < -0.39 is 0 Å². The van der Waals surface area contributed by atoms with E-state index in [1.165, 1.54) is 23.1 Å². The predicted octanol–water partition coefficient (Wildman–Crippen LogP) is 7.95. The molecule has 1 amide bonds. The molecule has 1 fully saturated rings. The predicted molar refractivity (Wildman–Crippen MR) is 150 cm³/mol. The minimum absolute atomic E-state index is 0.160. The molecule has 2 heterocycles. The number of aromatic nitrogens is 1. The van der Waals surface area contributed by atoms with Gasteiger partial charge in [0, 0.05) is 36.8 Å². The second kappa shape index (κ2) is 14.4. The van der Waals surface area contributed by atoms with Gasteiger partial charge in [-0.2, -0.15) is 0 Å². The number of pyridine rings is 1. The van der Waals surface area contributed by atoms with Crippen LogP contribution in [0, 0.1) is 0 Å². The van der Waals surface area contributed by atoms with Crippen molar-refractivity contribution in [2.45, 2.75) is 85.2 Å². The van der Waals surface area contributed by atoms with Crippen LogP contribution in [-0.4, -0.2) is 46.4 Å². The normalized spacial score (nSPS) is 16.6. The number of piperidine rings is 1. The molecule has 198 valence electrons. The summed E-state index contributed by atoms with van der Waals surface area (Å²) in [5.41, 5.74) is 5.54. The number of hydrogen-bond acceptors (Lipinski definition) is 4. The Morgan fingerprint density at radius 1 is 1.17 bits per heavy atom. The van der Waals surface area contributed by atoms with Gasteiger partial charge in [-0.15, -0.1) is 0 Å². The van der Waals surface area contributed by atoms with Gasteiger partial charge < -0.3 is 14.7 Å². The van der Waals surface area contributed by atoms with E-state index in [9.17, 15) is 4.79 Å². The average Bonchev–Trinajstić information content (AvgIpc) is 2.98. The van der Waals surface area contributed by atoms with Gasteiger partial charge in [-0.05, 0) is 93.3 Å². The van der Waals surface area contributed by atoms with E-state index in [0.717, 1.165) is 55.1 Å². The lowest BCUT2D eigenvalue weighted by atomic mass is 9.92. The monoisotopic (exact) mass is 514 g/mol. The van der Waals surface area contributed by atoms with Gasteiger partial charge in [0.15, 0.2) is 0 Å². The van der Waals surface area contributed by atoms with Crippen LogP contribution in [0.3, 0.4) is 0 Å². The zero-order valence-corrected chi connectivity index (χ0v) is 23.6. The fourth-order valence-corrected chi connectivity index (χ4v) is 4.57. The Bertz CT molecular complexity index is 1010. The fourth-order valence-electron chi connectivity index (χ4n) is 4.39. The molecule has 6 heteroatoms. The molecule has 1 aliphatic heterocycles. The number of fused-ring (bicyclic) bond motifs is 2. The van der Waals surface area contributed by atoms with Crippen molar-refractivity contribution in [1.82, 2.24) is 9.88 Å². The van der Waals surface area contributed by atoms with E-state index in [1.807, 2.05) is 59.0 Å². The number of amides is 1. The zero-order valence-electron chi connectivity index (χ0n) is 22.8. The highest BCUT2D eigenvalue weighted by molar-refractivity contribution is 6.30. The second-order valence-corrected chi connectivity index (χ2v) is 10.4. The number of aliphatic hydroxyl groups is 1. The van der Waals surface area contributed by atoms with Crippen LogP contribution in [0.5, 0.6) is 0 Å². The molecule has 1 saturated heterocycles. The van der Waals surface area contributed by atoms with Crippen molar-refractivity contribution in [2.24, 2.45) is 0 Å². The Kier molecular flexibility index (Phi) is 11.9. The third kappa shape index (κ3) is 8.63. The molecule has 0 saturated carbocycles. The Morgan fingerprint density at radius 3 is 2.50 bits per heavy atom. The number of rotatable bonds is 3. The van der Waals surface area contributed by atoms with Gasteiger partial charge in [-0.25, -0.2) is 4.79 Å². The van der Waals surface area contributed by atoms with Gasteiger partial charge in [0.2, 0.25) is 0 Å². The summed E-state index contributed by atoms with van der Waals surface area (Å²) in [7, 11) is 0. The Morgan fingerprint density at radius 2 is 1.86 bits per heavy atom. The Labute approximate surface area is 222 Å². The third-order valence-corrected chi connectivity index (χ3v) is 6.29. The van der Waals surface area contributed by atoms with Crippen molar-refractivity contribution in [1.29, 1.82) is 0 Å². The molecular formula is C30H43ClN2O3. The lowest BCUT2D eigenvalue weighted by molar-refractivity contribution is 0.0216. The largest absolute Gasteiger partial charge is 0.444 e. The lowest BCUT2D eigenvalue weighted by Crippen LogP contribution is -2.39. The first-order valence-corrected chi connectivity index (χ1v) is 13.6. The number of ether oxygens (including phenoxy) is 1. The summed E-state index contributed by atoms with van der Waals surface area (Å²) in [5, 5.41) is 9.89. The number of benzene rings is 1. The number of aliphatic hydroxyl groups excluding tert-OH is 1. The van der Waals surface area contributed by atoms with E-state index >= 15 is 0 Å². The molecule has 1 N–H and O–H groups in total. The van der Waals surface area contributed by atoms with E-state index in [4.69, 9.17) is 21.4 Å². The first kappa shape index (κ1) is 29.9. The molecule has 0 bridgehead atoms. The maximum absolute atomic E-state index is 11.5. The van der Waals surface area contributed by atoms with Crippen LogP contribution in [0.15, 0.2) is 36.5 Å². The van der Waals surface area contributed by atoms with Crippen molar-refractivity contribution >= 4 is 29.3 Å². The summed E-state index contributed by atoms with van der Waals surface area (Å²) >= 11 is 6.16. The van der Waals surface area contributed by atoms with Gasteiger partial charge in [0.1, 0.15) is 5.60 Å². The minimum Gasteiger partial charge on any atom is -0.444 e. The van der Waals surface area contributed by atoms with Crippen molar-refractivity contribution < 1.29 is 14.6 Å². The van der Waals surface area contributed by atoms with Crippen LogP contribution in [0.2, 0.25) is 5.02 Å². The van der Waals surface area contributed by atoms with E-state index in [-0.39, 0.29) is 24.2 Å². The molecule has 1 unspecified atom stereocenters. The average molecular weight is 515 g/mol. The standard InChI is InChI=1S/C18H18ClNO.C10H19NO2.C2H6/c1-12-16-7-6-15(19)11-14(16)10-13(4-3-9-21)17-5-2-8-20-18(12)17;1-10(2,3)13-9(12)11-7-5-4-6-8-11;1-2/h2,5-8,10-12,21H,3-4,9H2,1H3;4-8H2,1-3H3;1-2H3. The molecule has 1 aliphatic carbocycles. The summed E-state index contributed by atoms with van der Waals surface area (Å²) in [4.78, 5) is 17.9. The van der Waals surface area contributed by atoms with Gasteiger partial charge in [0.05, 0.1) is 5.69 Å². The topological polar surface area (TPSA) is 62.7 Å². The highest BCUT2D eigenvalue weighted by Gasteiger charge is 2.23. The van der Waals surface area contributed by atoms with Gasteiger partial charge in [-0.3, -0.25) is 4.98 Å². The highest BCUT2D eigenvalue weighted by Crippen LogP contribution is 2.38. The van der Waals surface area contributed by atoms with Crippen molar-refractivity contribution in [2.75, 3.05) is 19.7 Å². The minimum atomic E-state index is -0.367. The third-order valence-electron chi connectivity index (χ3n) is 6.05. The summed E-state index contributed by atoms with van der Waals surface area (Å²) in [5.74, 6) is 0.233. The summed E-state index contributed by atoms with van der Waals surface area (Å²) in [6, 6.07) is 10.1. The maximum Gasteiger partial charge on any atom is 0.410 e. The van der Waals surface area contributed by atoms with Crippen LogP contribution < -0.4 is 0 Å². The first-order chi connectivity index (χ1) is 17.2. The molecule has 1 aromatic heterocycles. The van der Waals surface area contributed by atoms with Crippen molar-refractivity contribution in [3.63, 3.8) is 0 Å². The lowest BCUT2D eigenvalue weighted by Gasteiger charge is -2.29. The number of halogens is 1. The molecular weight excluding hydrogens is 472 g/mol. The molecule has 0 spiro atoms. The van der Waals surface area contributed by atoms with Crippen LogP contribution in [0.25, 0.3) is 11.6 Å². The zero-order chi connectivity index (χ0) is 26.7. The number of likely N-dealkylation sites (tertiary alicyclic amines) is 1. The number of carbonyl (C=O) groups is 1. The van der Waals surface area contributed by atoms with E-state index in [0.29, 0.717) is 0 Å². The smallest absolute Gasteiger partial charge is 0.410 e. The summed E-state index contributed by atoms with van der Waals surface area (Å²) in [6.45, 7) is 13.8. The van der Waals surface area contributed by atoms with Crippen LogP contribution in [0.1, 0.15) is 102 Å². The van der Waals surface area contributed by atoms with E-state index in [2.05, 4.69) is 30.1 Å². The number of carbonyl (C=O) groups excluding carboxylic acids is 1. The van der Waals surface area contributed by atoms with Crippen molar-refractivity contribution in [3.8, 4) is 0 Å². The molecule has 1 aromatic carbocycles. The Hall–Kier alpha value is -2.37. The van der Waals surface area contributed by atoms with Gasteiger partial charge in [0.25, 0.3) is 0 Å². The summed E-state index contributed by atoms with van der Waals surface area (Å²) < 4.78 is 5.26. The number of nitrogens with zero attached hydrogens (tertiary/aromatic N) is 2. The second-order valence-electron chi connectivity index (χ2n) is 9.96. The quantitative estimate of drug-likeness (QED) is 0.451. The van der Waals surface area contributed by atoms with Gasteiger partial charge >= 0.3 is 6.09 Å².